The lowest BCUT2D eigenvalue weighted by molar-refractivity contribution is -0.145. The van der Waals surface area contributed by atoms with Crippen molar-refractivity contribution in [3.63, 3.8) is 0 Å². The second-order valence-electron chi connectivity index (χ2n) is 12.1. The zero-order valence-corrected chi connectivity index (χ0v) is 24.3. The van der Waals surface area contributed by atoms with Crippen LogP contribution in [0.15, 0.2) is 18.2 Å². The molecule has 1 unspecified atom stereocenters. The standard InChI is InChI=1S/C27H41NO11/c1-16(34-21(31)37-24(2,3)4)14-27(28,20(29)30)15-17-11-12-18(35-22(32)38-25(5,6)7)19(13-17)36-23(33)39-26(8,9)10/h11-13,16H,14-15,28H2,1-10H3,(H,29,30)/t16-,27?/m0/s1. The molecule has 0 aliphatic heterocycles. The minimum Gasteiger partial charge on any atom is -0.480 e. The smallest absolute Gasteiger partial charge is 0.480 e. The van der Waals surface area contributed by atoms with E-state index in [2.05, 4.69) is 0 Å². The second-order valence-corrected chi connectivity index (χ2v) is 12.1. The Morgan fingerprint density at radius 1 is 0.769 bits per heavy atom. The van der Waals surface area contributed by atoms with Gasteiger partial charge in [-0.3, -0.25) is 4.79 Å². The zero-order valence-electron chi connectivity index (χ0n) is 24.3. The van der Waals surface area contributed by atoms with E-state index in [0.29, 0.717) is 5.56 Å². The highest BCUT2D eigenvalue weighted by Crippen LogP contribution is 2.32. The molecule has 1 rings (SSSR count). The van der Waals surface area contributed by atoms with Crippen LogP contribution in [0.25, 0.3) is 0 Å². The maximum absolute atomic E-state index is 12.4. The number of rotatable bonds is 8. The van der Waals surface area contributed by atoms with Gasteiger partial charge in [0, 0.05) is 12.8 Å². The molecule has 0 aliphatic rings. The van der Waals surface area contributed by atoms with Crippen molar-refractivity contribution in [3.8, 4) is 11.5 Å². The monoisotopic (exact) mass is 555 g/mol. The average molecular weight is 556 g/mol. The number of aliphatic carboxylic acids is 1. The van der Waals surface area contributed by atoms with Gasteiger partial charge in [-0.25, -0.2) is 14.4 Å². The van der Waals surface area contributed by atoms with Crippen LogP contribution in [0, 0.1) is 0 Å². The predicted molar refractivity (Wildman–Crippen MR) is 140 cm³/mol. The summed E-state index contributed by atoms with van der Waals surface area (Å²) in [6, 6.07) is 4.06. The molecule has 0 amide bonds. The van der Waals surface area contributed by atoms with E-state index in [9.17, 15) is 24.3 Å². The molecule has 0 heterocycles. The molecule has 1 aromatic carbocycles. The molecule has 0 radical (unpaired) electrons. The summed E-state index contributed by atoms with van der Waals surface area (Å²) in [5.74, 6) is -1.75. The quantitative estimate of drug-likeness (QED) is 0.239. The fourth-order valence-corrected chi connectivity index (χ4v) is 3.14. The third-order valence-electron chi connectivity index (χ3n) is 4.46. The summed E-state index contributed by atoms with van der Waals surface area (Å²) in [7, 11) is 0. The molecule has 0 aromatic heterocycles. The van der Waals surface area contributed by atoms with E-state index >= 15 is 0 Å². The Hall–Kier alpha value is -3.54. The summed E-state index contributed by atoms with van der Waals surface area (Å²) in [4.78, 5) is 48.7. The fourth-order valence-electron chi connectivity index (χ4n) is 3.14. The third-order valence-corrected chi connectivity index (χ3v) is 4.46. The number of benzene rings is 1. The highest BCUT2D eigenvalue weighted by molar-refractivity contribution is 5.79. The minimum absolute atomic E-state index is 0.168. The molecule has 0 aliphatic carbocycles. The normalized spacial score (nSPS) is 14.3. The SMILES string of the molecule is C[C@@H](CC(N)(Cc1ccc(OC(=O)OC(C)(C)C)c(OC(=O)OC(C)(C)C)c1)C(=O)O)OC(=O)OC(C)(C)C. The predicted octanol–water partition coefficient (Wildman–Crippen LogP) is 5.37. The van der Waals surface area contributed by atoms with E-state index < -0.39 is 52.9 Å². The molecule has 0 saturated heterocycles. The van der Waals surface area contributed by atoms with Crippen LogP contribution in [-0.2, 0) is 30.2 Å². The van der Waals surface area contributed by atoms with Crippen LogP contribution in [-0.4, -0.2) is 58.0 Å². The second kappa shape index (κ2) is 12.5. The number of carbonyl (C=O) groups excluding carboxylic acids is 3. The maximum atomic E-state index is 12.4. The summed E-state index contributed by atoms with van der Waals surface area (Å²) < 4.78 is 31.1. The van der Waals surface area contributed by atoms with Gasteiger partial charge in [0.25, 0.3) is 0 Å². The zero-order chi connectivity index (χ0) is 30.4. The molecule has 220 valence electrons. The number of nitrogens with two attached hydrogens (primary N) is 1. The molecule has 0 fully saturated rings. The number of hydrogen-bond donors (Lipinski definition) is 2. The number of carbonyl (C=O) groups is 4. The summed E-state index contributed by atoms with van der Waals surface area (Å²) in [5.41, 5.74) is 2.14. The van der Waals surface area contributed by atoms with Crippen molar-refractivity contribution in [3.05, 3.63) is 23.8 Å². The van der Waals surface area contributed by atoms with E-state index in [1.165, 1.54) is 25.1 Å². The van der Waals surface area contributed by atoms with E-state index in [-0.39, 0.29) is 24.3 Å². The first-order valence-corrected chi connectivity index (χ1v) is 12.3. The summed E-state index contributed by atoms with van der Waals surface area (Å²) in [6.07, 6.45) is -4.52. The molecular weight excluding hydrogens is 514 g/mol. The van der Waals surface area contributed by atoms with E-state index in [4.69, 9.17) is 34.2 Å². The Kier molecular flexibility index (Phi) is 10.8. The molecule has 39 heavy (non-hydrogen) atoms. The Morgan fingerprint density at radius 3 is 1.64 bits per heavy atom. The first kappa shape index (κ1) is 33.5. The van der Waals surface area contributed by atoms with Gasteiger partial charge in [-0.15, -0.1) is 0 Å². The van der Waals surface area contributed by atoms with Gasteiger partial charge < -0.3 is 39.3 Å². The van der Waals surface area contributed by atoms with Crippen molar-refractivity contribution in [1.82, 2.24) is 0 Å². The number of hydrogen-bond acceptors (Lipinski definition) is 11. The van der Waals surface area contributed by atoms with Crippen LogP contribution < -0.4 is 15.2 Å². The van der Waals surface area contributed by atoms with E-state index in [0.717, 1.165) is 0 Å². The van der Waals surface area contributed by atoms with E-state index in [1.807, 2.05) is 0 Å². The van der Waals surface area contributed by atoms with Gasteiger partial charge in [0.1, 0.15) is 28.4 Å². The highest BCUT2D eigenvalue weighted by atomic mass is 16.8. The maximum Gasteiger partial charge on any atom is 0.514 e. The third kappa shape index (κ3) is 13.2. The van der Waals surface area contributed by atoms with Crippen LogP contribution in [0.4, 0.5) is 14.4 Å². The number of carboxylic acid groups (broad SMARTS) is 1. The Balaban J connectivity index is 3.24. The van der Waals surface area contributed by atoms with Gasteiger partial charge in [-0.2, -0.15) is 0 Å². The van der Waals surface area contributed by atoms with Crippen molar-refractivity contribution in [2.24, 2.45) is 5.73 Å². The van der Waals surface area contributed by atoms with Gasteiger partial charge in [0.15, 0.2) is 11.5 Å². The lowest BCUT2D eigenvalue weighted by atomic mass is 9.86. The largest absolute Gasteiger partial charge is 0.514 e. The Labute approximate surface area is 229 Å². The van der Waals surface area contributed by atoms with Crippen molar-refractivity contribution in [2.75, 3.05) is 0 Å². The molecule has 1 aromatic rings. The molecule has 12 nitrogen and oxygen atoms in total. The molecule has 0 saturated carbocycles. The summed E-state index contributed by atoms with van der Waals surface area (Å²) >= 11 is 0. The molecule has 3 N–H and O–H groups in total. The molecule has 0 spiro atoms. The first-order chi connectivity index (χ1) is 17.5. The molecule has 0 bridgehead atoms. The van der Waals surface area contributed by atoms with Crippen molar-refractivity contribution >= 4 is 24.4 Å². The van der Waals surface area contributed by atoms with Gasteiger partial charge in [0.2, 0.25) is 0 Å². The average Bonchev–Trinajstić information content (AvgIpc) is 2.64. The van der Waals surface area contributed by atoms with Crippen molar-refractivity contribution in [2.45, 2.75) is 111 Å². The van der Waals surface area contributed by atoms with Gasteiger partial charge >= 0.3 is 24.4 Å². The lowest BCUT2D eigenvalue weighted by Gasteiger charge is -2.28. The summed E-state index contributed by atoms with van der Waals surface area (Å²) in [5, 5.41) is 9.90. The molecule has 12 heteroatoms. The van der Waals surface area contributed by atoms with Crippen molar-refractivity contribution in [1.29, 1.82) is 0 Å². The highest BCUT2D eigenvalue weighted by Gasteiger charge is 2.38. The van der Waals surface area contributed by atoms with Crippen LogP contribution >= 0.6 is 0 Å². The fraction of sp³-hybridized carbons (Fsp3) is 0.630. The van der Waals surface area contributed by atoms with E-state index in [1.54, 1.807) is 62.3 Å². The van der Waals surface area contributed by atoms with Gasteiger partial charge in [-0.05, 0) is 86.9 Å². The topological polar surface area (TPSA) is 170 Å². The lowest BCUT2D eigenvalue weighted by Crippen LogP contribution is -2.52. The molecular formula is C27H41NO11. The minimum atomic E-state index is -1.89. The molecule has 2 atom stereocenters. The van der Waals surface area contributed by atoms with Crippen LogP contribution in [0.3, 0.4) is 0 Å². The Morgan fingerprint density at radius 2 is 1.21 bits per heavy atom. The summed E-state index contributed by atoms with van der Waals surface area (Å²) in [6.45, 7) is 16.3. The van der Waals surface area contributed by atoms with Gasteiger partial charge in [-0.1, -0.05) is 6.07 Å². The van der Waals surface area contributed by atoms with Crippen LogP contribution in [0.2, 0.25) is 0 Å². The van der Waals surface area contributed by atoms with Crippen molar-refractivity contribution < 1.29 is 52.7 Å². The van der Waals surface area contributed by atoms with Crippen LogP contribution in [0.1, 0.15) is 81.2 Å². The van der Waals surface area contributed by atoms with Crippen LogP contribution in [0.5, 0.6) is 11.5 Å². The number of ether oxygens (including phenoxy) is 6. The first-order valence-electron chi connectivity index (χ1n) is 12.3. The Bertz CT molecular complexity index is 1050. The van der Waals surface area contributed by atoms with Gasteiger partial charge in [0.05, 0.1) is 0 Å². The number of carboxylic acids is 1.